The van der Waals surface area contributed by atoms with Gasteiger partial charge in [-0.2, -0.15) is 4.68 Å². The maximum atomic E-state index is 13.6. The lowest BCUT2D eigenvalue weighted by Gasteiger charge is -2.05. The lowest BCUT2D eigenvalue weighted by Crippen LogP contribution is -2.18. The van der Waals surface area contributed by atoms with Gasteiger partial charge in [0.25, 0.3) is 0 Å². The molecule has 0 aliphatic rings. The first-order valence-corrected chi connectivity index (χ1v) is 5.55. The van der Waals surface area contributed by atoms with Gasteiger partial charge in [-0.05, 0) is 35.5 Å². The van der Waals surface area contributed by atoms with Crippen molar-refractivity contribution in [3.8, 4) is 5.69 Å². The van der Waals surface area contributed by atoms with Gasteiger partial charge in [-0.25, -0.2) is 4.39 Å². The normalized spacial score (nSPS) is 10.7. The minimum atomic E-state index is -0.337. The number of hydrogen-bond donors (Lipinski definition) is 1. The third-order valence-electron chi connectivity index (χ3n) is 2.32. The van der Waals surface area contributed by atoms with Gasteiger partial charge < -0.3 is 5.32 Å². The lowest BCUT2D eigenvalue weighted by molar-refractivity contribution is 0.590. The van der Waals surface area contributed by atoms with Gasteiger partial charge in [0.05, 0.1) is 6.54 Å². The van der Waals surface area contributed by atoms with Crippen LogP contribution in [0.1, 0.15) is 19.2 Å². The summed E-state index contributed by atoms with van der Waals surface area (Å²) in [6, 6.07) is 6.43. The Labute approximate surface area is 98.6 Å². The number of nitrogens with zero attached hydrogens (tertiary/aromatic N) is 4. The second-order valence-electron chi connectivity index (χ2n) is 3.64. The molecule has 0 unspecified atom stereocenters. The van der Waals surface area contributed by atoms with E-state index in [2.05, 4.69) is 27.8 Å². The lowest BCUT2D eigenvalue weighted by atomic mass is 10.3. The average Bonchev–Trinajstić information content (AvgIpc) is 2.78. The van der Waals surface area contributed by atoms with Gasteiger partial charge in [0, 0.05) is 0 Å². The molecule has 0 bridgehead atoms. The molecule has 6 heteroatoms. The molecule has 1 heterocycles. The van der Waals surface area contributed by atoms with Crippen molar-refractivity contribution in [2.75, 3.05) is 6.54 Å². The Kier molecular flexibility index (Phi) is 3.77. The molecule has 0 radical (unpaired) electrons. The van der Waals surface area contributed by atoms with Crippen molar-refractivity contribution in [1.29, 1.82) is 0 Å². The molecule has 0 saturated carbocycles. The van der Waals surface area contributed by atoms with Crippen molar-refractivity contribution < 1.29 is 4.39 Å². The van der Waals surface area contributed by atoms with Crippen LogP contribution in [0.3, 0.4) is 0 Å². The number of nitrogens with one attached hydrogen (secondary N) is 1. The topological polar surface area (TPSA) is 55.6 Å². The quantitative estimate of drug-likeness (QED) is 0.794. The van der Waals surface area contributed by atoms with Crippen LogP contribution >= 0.6 is 0 Å². The van der Waals surface area contributed by atoms with Crippen molar-refractivity contribution in [2.45, 2.75) is 19.9 Å². The zero-order valence-corrected chi connectivity index (χ0v) is 9.60. The van der Waals surface area contributed by atoms with Gasteiger partial charge in [-0.3, -0.25) is 0 Å². The molecule has 0 fully saturated rings. The van der Waals surface area contributed by atoms with Crippen molar-refractivity contribution >= 4 is 0 Å². The van der Waals surface area contributed by atoms with Gasteiger partial charge in [0.15, 0.2) is 5.82 Å². The predicted octanol–water partition coefficient (Wildman–Crippen LogP) is 1.30. The molecule has 0 aliphatic carbocycles. The zero-order valence-electron chi connectivity index (χ0n) is 9.60. The number of tetrazole rings is 1. The molecule has 2 rings (SSSR count). The van der Waals surface area contributed by atoms with Crippen molar-refractivity contribution in [3.63, 3.8) is 0 Å². The highest BCUT2D eigenvalue weighted by Gasteiger charge is 2.10. The summed E-state index contributed by atoms with van der Waals surface area (Å²) in [7, 11) is 0. The van der Waals surface area contributed by atoms with Crippen LogP contribution < -0.4 is 5.32 Å². The molecule has 0 atom stereocenters. The van der Waals surface area contributed by atoms with E-state index >= 15 is 0 Å². The second-order valence-corrected chi connectivity index (χ2v) is 3.64. The minimum absolute atomic E-state index is 0.337. The van der Waals surface area contributed by atoms with Crippen LogP contribution in [0.25, 0.3) is 5.69 Å². The van der Waals surface area contributed by atoms with Crippen molar-refractivity contribution in [1.82, 2.24) is 25.5 Å². The largest absolute Gasteiger partial charge is 0.310 e. The fourth-order valence-corrected chi connectivity index (χ4v) is 1.50. The molecule has 1 aromatic heterocycles. The molecule has 1 N–H and O–H groups in total. The molecule has 2 aromatic rings. The Balaban J connectivity index is 2.22. The predicted molar refractivity (Wildman–Crippen MR) is 61.1 cm³/mol. The smallest absolute Gasteiger partial charge is 0.170 e. The van der Waals surface area contributed by atoms with E-state index in [4.69, 9.17) is 0 Å². The van der Waals surface area contributed by atoms with E-state index in [1.54, 1.807) is 18.2 Å². The van der Waals surface area contributed by atoms with E-state index in [0.717, 1.165) is 13.0 Å². The van der Waals surface area contributed by atoms with Crippen LogP contribution in [0.5, 0.6) is 0 Å². The van der Waals surface area contributed by atoms with Crippen LogP contribution in [0.15, 0.2) is 24.3 Å². The van der Waals surface area contributed by atoms with Crippen LogP contribution in [-0.4, -0.2) is 26.8 Å². The summed E-state index contributed by atoms with van der Waals surface area (Å²) in [5, 5.41) is 14.4. The molecular formula is C11H14FN5. The van der Waals surface area contributed by atoms with Crippen LogP contribution in [0.2, 0.25) is 0 Å². The summed E-state index contributed by atoms with van der Waals surface area (Å²) < 4.78 is 15.0. The van der Waals surface area contributed by atoms with E-state index in [0.29, 0.717) is 18.1 Å². The highest BCUT2D eigenvalue weighted by molar-refractivity contribution is 5.32. The maximum Gasteiger partial charge on any atom is 0.170 e. The van der Waals surface area contributed by atoms with Crippen LogP contribution in [-0.2, 0) is 6.54 Å². The Morgan fingerprint density at radius 2 is 2.18 bits per heavy atom. The van der Waals surface area contributed by atoms with Crippen molar-refractivity contribution in [3.05, 3.63) is 35.9 Å². The standard InChI is InChI=1S/C11H14FN5/c1-2-7-13-8-11-14-15-16-17(11)10-6-4-3-5-9(10)12/h3-6,13H,2,7-8H2,1H3. The summed E-state index contributed by atoms with van der Waals surface area (Å²) >= 11 is 0. The SMILES string of the molecule is CCCNCc1nnnn1-c1ccccc1F. The maximum absolute atomic E-state index is 13.6. The first-order chi connectivity index (χ1) is 8.33. The van der Waals surface area contributed by atoms with E-state index in [1.165, 1.54) is 10.7 Å². The summed E-state index contributed by atoms with van der Waals surface area (Å²) in [6.07, 6.45) is 1.03. The van der Waals surface area contributed by atoms with E-state index in [-0.39, 0.29) is 5.82 Å². The number of benzene rings is 1. The highest BCUT2D eigenvalue weighted by Crippen LogP contribution is 2.12. The molecule has 5 nitrogen and oxygen atoms in total. The fourth-order valence-electron chi connectivity index (χ4n) is 1.50. The van der Waals surface area contributed by atoms with E-state index < -0.39 is 0 Å². The van der Waals surface area contributed by atoms with Gasteiger partial charge in [-0.15, -0.1) is 5.10 Å². The Morgan fingerprint density at radius 3 is 2.94 bits per heavy atom. The number of rotatable bonds is 5. The second kappa shape index (κ2) is 5.49. The molecule has 0 amide bonds. The minimum Gasteiger partial charge on any atom is -0.310 e. The van der Waals surface area contributed by atoms with Crippen molar-refractivity contribution in [2.24, 2.45) is 0 Å². The first kappa shape index (κ1) is 11.7. The molecule has 0 saturated heterocycles. The van der Waals surface area contributed by atoms with Gasteiger partial charge in [-0.1, -0.05) is 19.1 Å². The van der Waals surface area contributed by atoms with E-state index in [1.807, 2.05) is 0 Å². The van der Waals surface area contributed by atoms with Gasteiger partial charge >= 0.3 is 0 Å². The third-order valence-corrected chi connectivity index (χ3v) is 2.32. The summed E-state index contributed by atoms with van der Waals surface area (Å²) in [6.45, 7) is 3.48. The Morgan fingerprint density at radius 1 is 1.35 bits per heavy atom. The molecule has 1 aromatic carbocycles. The molecular weight excluding hydrogens is 221 g/mol. The highest BCUT2D eigenvalue weighted by atomic mass is 19.1. The molecule has 0 aliphatic heterocycles. The molecule has 0 spiro atoms. The first-order valence-electron chi connectivity index (χ1n) is 5.55. The monoisotopic (exact) mass is 235 g/mol. The summed E-state index contributed by atoms with van der Waals surface area (Å²) in [4.78, 5) is 0. The Hall–Kier alpha value is -1.82. The summed E-state index contributed by atoms with van der Waals surface area (Å²) in [5.74, 6) is 0.264. The summed E-state index contributed by atoms with van der Waals surface area (Å²) in [5.41, 5.74) is 0.366. The Bertz CT molecular complexity index is 482. The van der Waals surface area contributed by atoms with Gasteiger partial charge in [0.2, 0.25) is 0 Å². The fraction of sp³-hybridized carbons (Fsp3) is 0.364. The molecule has 17 heavy (non-hydrogen) atoms. The average molecular weight is 235 g/mol. The third kappa shape index (κ3) is 2.65. The number of para-hydroxylation sites is 1. The van der Waals surface area contributed by atoms with Crippen LogP contribution in [0, 0.1) is 5.82 Å². The molecule has 90 valence electrons. The number of halogens is 1. The van der Waals surface area contributed by atoms with E-state index in [9.17, 15) is 4.39 Å². The van der Waals surface area contributed by atoms with Gasteiger partial charge in [0.1, 0.15) is 11.5 Å². The number of hydrogen-bond acceptors (Lipinski definition) is 4. The zero-order chi connectivity index (χ0) is 12.1. The van der Waals surface area contributed by atoms with Crippen LogP contribution in [0.4, 0.5) is 4.39 Å². The number of aromatic nitrogens is 4.